The van der Waals surface area contributed by atoms with Gasteiger partial charge in [-0.25, -0.2) is 8.42 Å². The summed E-state index contributed by atoms with van der Waals surface area (Å²) < 4.78 is 26.4. The number of rotatable bonds is 4. The van der Waals surface area contributed by atoms with Gasteiger partial charge in [-0.15, -0.1) is 12.4 Å². The number of benzene rings is 1. The second-order valence-corrected chi connectivity index (χ2v) is 6.79. The molecule has 0 atom stereocenters. The Morgan fingerprint density at radius 3 is 2.19 bits per heavy atom. The number of carbonyl (C=O) groups is 1. The van der Waals surface area contributed by atoms with Crippen LogP contribution in [-0.2, 0) is 10.0 Å². The van der Waals surface area contributed by atoms with Crippen molar-refractivity contribution in [2.75, 3.05) is 20.1 Å². The highest BCUT2D eigenvalue weighted by molar-refractivity contribution is 7.89. The van der Waals surface area contributed by atoms with Crippen molar-refractivity contribution in [3.8, 4) is 0 Å². The third kappa shape index (κ3) is 3.94. The van der Waals surface area contributed by atoms with Gasteiger partial charge in [0, 0.05) is 24.7 Å². The minimum absolute atomic E-state index is 0. The van der Waals surface area contributed by atoms with Crippen LogP contribution in [0.1, 0.15) is 23.2 Å². The Labute approximate surface area is 131 Å². The number of amides is 1. The Bertz CT molecular complexity index is 581. The topological polar surface area (TPSA) is 92.5 Å². The minimum Gasteiger partial charge on any atom is -0.366 e. The molecule has 6 nitrogen and oxygen atoms in total. The van der Waals surface area contributed by atoms with Gasteiger partial charge in [0.2, 0.25) is 15.9 Å². The van der Waals surface area contributed by atoms with Crippen LogP contribution in [0.5, 0.6) is 0 Å². The third-order valence-electron chi connectivity index (χ3n) is 3.64. The fraction of sp³-hybridized carbons (Fsp3) is 0.462. The number of carbonyl (C=O) groups excluding carboxylic acids is 1. The number of halogens is 1. The molecule has 0 radical (unpaired) electrons. The summed E-state index contributed by atoms with van der Waals surface area (Å²) in [7, 11) is -1.60. The lowest BCUT2D eigenvalue weighted by atomic mass is 10.1. The maximum atomic E-state index is 12.5. The molecule has 21 heavy (non-hydrogen) atoms. The van der Waals surface area contributed by atoms with Gasteiger partial charge < -0.3 is 11.1 Å². The van der Waals surface area contributed by atoms with Gasteiger partial charge in [-0.2, -0.15) is 4.31 Å². The van der Waals surface area contributed by atoms with Crippen molar-refractivity contribution in [1.82, 2.24) is 9.62 Å². The first-order valence-corrected chi connectivity index (χ1v) is 7.96. The number of nitrogens with two attached hydrogens (primary N) is 1. The zero-order chi connectivity index (χ0) is 14.8. The first-order chi connectivity index (χ1) is 9.45. The first-order valence-electron chi connectivity index (χ1n) is 6.52. The van der Waals surface area contributed by atoms with E-state index in [0.29, 0.717) is 24.7 Å². The third-order valence-corrected chi connectivity index (χ3v) is 5.55. The lowest BCUT2D eigenvalue weighted by Crippen LogP contribution is -2.43. The van der Waals surface area contributed by atoms with Crippen LogP contribution < -0.4 is 11.1 Å². The summed E-state index contributed by atoms with van der Waals surface area (Å²) in [4.78, 5) is 11.2. The first kappa shape index (κ1) is 17.9. The Balaban J connectivity index is 0.00000220. The molecule has 1 saturated heterocycles. The molecule has 1 aromatic carbocycles. The van der Waals surface area contributed by atoms with E-state index in [0.717, 1.165) is 12.8 Å². The SMILES string of the molecule is CNC1CCN(S(=O)(=O)c2ccc(C(N)=O)cc2)CC1.Cl. The summed E-state index contributed by atoms with van der Waals surface area (Å²) in [6.07, 6.45) is 1.60. The zero-order valence-corrected chi connectivity index (χ0v) is 13.4. The summed E-state index contributed by atoms with van der Waals surface area (Å²) in [5, 5.41) is 3.16. The number of sulfonamides is 1. The van der Waals surface area contributed by atoms with Crippen LogP contribution in [0.4, 0.5) is 0 Å². The number of hydrogen-bond acceptors (Lipinski definition) is 4. The predicted molar refractivity (Wildman–Crippen MR) is 83.0 cm³/mol. The van der Waals surface area contributed by atoms with E-state index < -0.39 is 15.9 Å². The van der Waals surface area contributed by atoms with Gasteiger partial charge in [0.1, 0.15) is 0 Å². The van der Waals surface area contributed by atoms with Crippen molar-refractivity contribution in [3.05, 3.63) is 29.8 Å². The molecule has 1 aliphatic heterocycles. The normalized spacial score (nSPS) is 17.2. The Hall–Kier alpha value is -1.15. The van der Waals surface area contributed by atoms with Crippen LogP contribution in [0.3, 0.4) is 0 Å². The molecule has 1 amide bonds. The molecule has 0 aromatic heterocycles. The van der Waals surface area contributed by atoms with E-state index in [9.17, 15) is 13.2 Å². The summed E-state index contributed by atoms with van der Waals surface area (Å²) in [6.45, 7) is 1.01. The Morgan fingerprint density at radius 1 is 1.24 bits per heavy atom. The molecule has 1 aliphatic rings. The van der Waals surface area contributed by atoms with Crippen LogP contribution in [0.2, 0.25) is 0 Å². The van der Waals surface area contributed by atoms with Crippen molar-refractivity contribution >= 4 is 28.3 Å². The number of hydrogen-bond donors (Lipinski definition) is 2. The molecule has 1 heterocycles. The van der Waals surface area contributed by atoms with Gasteiger partial charge in [-0.05, 0) is 44.2 Å². The molecule has 3 N–H and O–H groups in total. The lowest BCUT2D eigenvalue weighted by Gasteiger charge is -2.30. The van der Waals surface area contributed by atoms with Gasteiger partial charge in [0.25, 0.3) is 0 Å². The summed E-state index contributed by atoms with van der Waals surface area (Å²) >= 11 is 0. The number of nitrogens with one attached hydrogen (secondary N) is 1. The molecule has 0 unspecified atom stereocenters. The highest BCUT2D eigenvalue weighted by atomic mass is 35.5. The van der Waals surface area contributed by atoms with E-state index >= 15 is 0 Å². The fourth-order valence-corrected chi connectivity index (χ4v) is 3.79. The van der Waals surface area contributed by atoms with Crippen LogP contribution >= 0.6 is 12.4 Å². The maximum Gasteiger partial charge on any atom is 0.248 e. The monoisotopic (exact) mass is 333 g/mol. The molecule has 1 aromatic rings. The molecule has 2 rings (SSSR count). The van der Waals surface area contributed by atoms with E-state index in [1.807, 2.05) is 7.05 Å². The van der Waals surface area contributed by atoms with Gasteiger partial charge in [0.05, 0.1) is 4.90 Å². The molecule has 0 bridgehead atoms. The van der Waals surface area contributed by atoms with E-state index in [1.165, 1.54) is 28.6 Å². The van der Waals surface area contributed by atoms with Crippen molar-refractivity contribution in [3.63, 3.8) is 0 Å². The molecule has 0 aliphatic carbocycles. The van der Waals surface area contributed by atoms with Crippen LogP contribution in [0.15, 0.2) is 29.2 Å². The van der Waals surface area contributed by atoms with E-state index in [2.05, 4.69) is 5.32 Å². The number of primary amides is 1. The summed E-state index contributed by atoms with van der Waals surface area (Å²) in [5.41, 5.74) is 5.44. The van der Waals surface area contributed by atoms with E-state index in [4.69, 9.17) is 5.73 Å². The molecule has 118 valence electrons. The Morgan fingerprint density at radius 2 is 1.76 bits per heavy atom. The molecular weight excluding hydrogens is 314 g/mol. The van der Waals surface area contributed by atoms with Gasteiger partial charge in [-0.1, -0.05) is 0 Å². The van der Waals surface area contributed by atoms with Gasteiger partial charge >= 0.3 is 0 Å². The summed E-state index contributed by atoms with van der Waals surface area (Å²) in [5.74, 6) is -0.566. The molecule has 0 spiro atoms. The molecular formula is C13H20ClN3O3S. The zero-order valence-electron chi connectivity index (χ0n) is 11.8. The lowest BCUT2D eigenvalue weighted by molar-refractivity contribution is 0.1000. The van der Waals surface area contributed by atoms with E-state index in [-0.39, 0.29) is 17.3 Å². The molecule has 0 saturated carbocycles. The molecule has 8 heteroatoms. The highest BCUT2D eigenvalue weighted by Crippen LogP contribution is 2.21. The standard InChI is InChI=1S/C13H19N3O3S.ClH/c1-15-11-6-8-16(9-7-11)20(18,19)12-4-2-10(3-5-12)13(14)17;/h2-5,11,15H,6-9H2,1H3,(H2,14,17);1H. The molecule has 1 fully saturated rings. The summed E-state index contributed by atoms with van der Waals surface area (Å²) in [6, 6.07) is 6.11. The minimum atomic E-state index is -3.48. The van der Waals surface area contributed by atoms with Gasteiger partial charge in [0.15, 0.2) is 0 Å². The largest absolute Gasteiger partial charge is 0.366 e. The fourth-order valence-electron chi connectivity index (χ4n) is 2.33. The van der Waals surface area contributed by atoms with E-state index in [1.54, 1.807) is 0 Å². The maximum absolute atomic E-state index is 12.5. The number of nitrogens with zero attached hydrogens (tertiary/aromatic N) is 1. The average molecular weight is 334 g/mol. The van der Waals surface area contributed by atoms with Crippen LogP contribution in [0.25, 0.3) is 0 Å². The van der Waals surface area contributed by atoms with Crippen molar-refractivity contribution < 1.29 is 13.2 Å². The van der Waals surface area contributed by atoms with Crippen molar-refractivity contribution in [1.29, 1.82) is 0 Å². The second-order valence-electron chi connectivity index (χ2n) is 4.86. The average Bonchev–Trinajstić information content (AvgIpc) is 2.47. The highest BCUT2D eigenvalue weighted by Gasteiger charge is 2.28. The second kappa shape index (κ2) is 7.22. The van der Waals surface area contributed by atoms with Crippen LogP contribution in [0, 0.1) is 0 Å². The van der Waals surface area contributed by atoms with Crippen molar-refractivity contribution in [2.24, 2.45) is 5.73 Å². The Kier molecular flexibility index (Phi) is 6.15. The van der Waals surface area contributed by atoms with Crippen molar-refractivity contribution in [2.45, 2.75) is 23.8 Å². The smallest absolute Gasteiger partial charge is 0.248 e. The van der Waals surface area contributed by atoms with Crippen LogP contribution in [-0.4, -0.2) is 44.8 Å². The van der Waals surface area contributed by atoms with Gasteiger partial charge in [-0.3, -0.25) is 4.79 Å². The number of piperidine rings is 1. The quantitative estimate of drug-likeness (QED) is 0.843. The predicted octanol–water partition coefficient (Wildman–Crippen LogP) is 0.580.